The van der Waals surface area contributed by atoms with Gasteiger partial charge < -0.3 is 15.4 Å². The Morgan fingerprint density at radius 1 is 1.34 bits per heavy atom. The number of ether oxygens (including phenoxy) is 1. The van der Waals surface area contributed by atoms with Gasteiger partial charge in [-0.3, -0.25) is 10.1 Å². The summed E-state index contributed by atoms with van der Waals surface area (Å²) in [4.78, 5) is 27.2. The molecule has 0 bridgehead atoms. The number of anilines is 2. The molecular formula is C22H24ClF4N5O3. The number of nitrogens with two attached hydrogens (primary N) is 1. The fourth-order valence-electron chi connectivity index (χ4n) is 5.11. The van der Waals surface area contributed by atoms with Crippen molar-refractivity contribution in [2.45, 2.75) is 51.4 Å². The second-order valence-corrected chi connectivity index (χ2v) is 10.1. The molecule has 1 aromatic heterocycles. The summed E-state index contributed by atoms with van der Waals surface area (Å²) in [7, 11) is 0. The van der Waals surface area contributed by atoms with E-state index in [0.29, 0.717) is 4.68 Å². The highest BCUT2D eigenvalue weighted by molar-refractivity contribution is 6.31. The predicted octanol–water partition coefficient (Wildman–Crippen LogP) is 5.10. The molecule has 8 nitrogen and oxygen atoms in total. The molecule has 35 heavy (non-hydrogen) atoms. The Morgan fingerprint density at radius 3 is 2.66 bits per heavy atom. The van der Waals surface area contributed by atoms with E-state index >= 15 is 4.39 Å². The number of fused-ring (bicyclic) bond motifs is 2. The number of halogens is 5. The lowest BCUT2D eigenvalue weighted by Crippen LogP contribution is -2.58. The molecule has 2 atom stereocenters. The van der Waals surface area contributed by atoms with Gasteiger partial charge in [0.15, 0.2) is 11.4 Å². The third-order valence-electron chi connectivity index (χ3n) is 6.32. The Labute approximate surface area is 203 Å². The molecule has 3 heterocycles. The summed E-state index contributed by atoms with van der Waals surface area (Å²) in [6, 6.07) is 0.744. The number of hydrogen-bond acceptors (Lipinski definition) is 5. The second kappa shape index (κ2) is 8.28. The number of alkyl halides is 3. The highest BCUT2D eigenvalue weighted by atomic mass is 35.5. The number of rotatable bonds is 3. The first-order valence-electron chi connectivity index (χ1n) is 10.9. The zero-order valence-electron chi connectivity index (χ0n) is 19.2. The Hall–Kier alpha value is -3.02. The maximum Gasteiger partial charge on any atom is 0.412 e. The largest absolute Gasteiger partial charge is 0.436 e. The first-order valence-corrected chi connectivity index (χ1v) is 11.2. The molecule has 2 aromatic rings. The predicted molar refractivity (Wildman–Crippen MR) is 120 cm³/mol. The van der Waals surface area contributed by atoms with Crippen molar-refractivity contribution < 1.29 is 31.9 Å². The summed E-state index contributed by atoms with van der Waals surface area (Å²) in [6.07, 6.45) is -4.62. The zero-order chi connectivity index (χ0) is 25.9. The van der Waals surface area contributed by atoms with Gasteiger partial charge in [-0.25, -0.2) is 13.9 Å². The van der Waals surface area contributed by atoms with Gasteiger partial charge in [-0.1, -0.05) is 32.4 Å². The third-order valence-corrected chi connectivity index (χ3v) is 6.61. The van der Waals surface area contributed by atoms with Gasteiger partial charge >= 0.3 is 12.3 Å². The van der Waals surface area contributed by atoms with E-state index in [4.69, 9.17) is 22.1 Å². The van der Waals surface area contributed by atoms with Crippen LogP contribution in [0.5, 0.6) is 0 Å². The fourth-order valence-corrected chi connectivity index (χ4v) is 5.27. The van der Waals surface area contributed by atoms with E-state index in [1.165, 1.54) is 24.0 Å². The van der Waals surface area contributed by atoms with Crippen molar-refractivity contribution in [1.29, 1.82) is 0 Å². The second-order valence-electron chi connectivity index (χ2n) is 9.65. The van der Waals surface area contributed by atoms with Crippen molar-refractivity contribution in [1.82, 2.24) is 14.7 Å². The molecule has 3 N–H and O–H groups in total. The van der Waals surface area contributed by atoms with Gasteiger partial charge in [-0.2, -0.15) is 18.3 Å². The number of likely N-dealkylation sites (tertiary alicyclic amines) is 1. The monoisotopic (exact) mass is 517 g/mol. The van der Waals surface area contributed by atoms with Crippen LogP contribution in [0.2, 0.25) is 5.02 Å². The summed E-state index contributed by atoms with van der Waals surface area (Å²) >= 11 is 6.01. The number of hydrogen-bond donors (Lipinski definition) is 2. The minimum Gasteiger partial charge on any atom is -0.436 e. The molecule has 1 spiro atoms. The normalized spacial score (nSPS) is 22.4. The number of nitrogens with zero attached hydrogens (tertiary/aromatic N) is 3. The maximum atomic E-state index is 15.2. The molecule has 13 heteroatoms. The Kier molecular flexibility index (Phi) is 5.94. The molecule has 190 valence electrons. The number of carbonyl (C=O) groups excluding carboxylic acids is 2. The van der Waals surface area contributed by atoms with E-state index < -0.39 is 46.9 Å². The Bertz CT molecular complexity index is 1200. The number of piperidine rings is 1. The summed E-state index contributed by atoms with van der Waals surface area (Å²) in [5, 5.41) is 5.99. The highest BCUT2D eigenvalue weighted by Gasteiger charge is 2.53. The van der Waals surface area contributed by atoms with Crippen LogP contribution in [-0.4, -0.2) is 45.9 Å². The molecule has 0 radical (unpaired) electrons. The first-order chi connectivity index (χ1) is 16.2. The van der Waals surface area contributed by atoms with Crippen molar-refractivity contribution in [2.24, 2.45) is 5.41 Å². The molecule has 0 aliphatic carbocycles. The van der Waals surface area contributed by atoms with E-state index in [1.807, 2.05) is 0 Å². The third kappa shape index (κ3) is 4.28. The molecule has 2 aliphatic heterocycles. The maximum absolute atomic E-state index is 15.2. The molecule has 4 rings (SSSR count). The van der Waals surface area contributed by atoms with Crippen molar-refractivity contribution in [3.63, 3.8) is 0 Å². The average Bonchev–Trinajstić information content (AvgIpc) is 3.09. The molecule has 1 saturated heterocycles. The quantitative estimate of drug-likeness (QED) is 0.551. The van der Waals surface area contributed by atoms with Crippen molar-refractivity contribution in [3.8, 4) is 0 Å². The van der Waals surface area contributed by atoms with Crippen LogP contribution in [0.25, 0.3) is 0 Å². The minimum absolute atomic E-state index is 0.00182. The fraction of sp³-hybridized carbons (Fsp3) is 0.500. The molecule has 0 saturated carbocycles. The number of carbonyl (C=O) groups is 2. The summed E-state index contributed by atoms with van der Waals surface area (Å²) in [5.74, 6) is -1.94. The molecule has 1 fully saturated rings. The molecular weight excluding hydrogens is 494 g/mol. The Morgan fingerprint density at radius 2 is 2.03 bits per heavy atom. The van der Waals surface area contributed by atoms with Gasteiger partial charge in [0.2, 0.25) is 0 Å². The minimum atomic E-state index is -4.61. The van der Waals surface area contributed by atoms with Crippen LogP contribution in [0.3, 0.4) is 0 Å². The van der Waals surface area contributed by atoms with Crippen LogP contribution in [0.1, 0.15) is 55.6 Å². The average molecular weight is 518 g/mol. The number of aromatic nitrogens is 2. The smallest absolute Gasteiger partial charge is 0.412 e. The molecule has 1 aromatic carbocycles. The van der Waals surface area contributed by atoms with Crippen LogP contribution in [-0.2, 0) is 10.3 Å². The highest BCUT2D eigenvalue weighted by Crippen LogP contribution is 2.50. The molecule has 1 unspecified atom stereocenters. The number of benzene rings is 1. The number of nitrogens with one attached hydrogen (secondary N) is 1. The van der Waals surface area contributed by atoms with E-state index in [0.717, 1.165) is 6.20 Å². The standard InChI is InChI=1S/C22H24ClF4N5O3/c1-4-14(22(25,26)27)32-17(28)11(7-29-32)18(33)31-9-20(2,3)8-21(10-31)15-13(30-19(34)35-21)6-5-12(23)16(15)24/h5-7,14H,4,8-10,28H2,1-3H3,(H,30,34)/t14?,21-/m0/s1. The van der Waals surface area contributed by atoms with Crippen LogP contribution in [0.15, 0.2) is 18.3 Å². The number of nitrogen functional groups attached to an aromatic ring is 1. The zero-order valence-corrected chi connectivity index (χ0v) is 19.9. The lowest BCUT2D eigenvalue weighted by Gasteiger charge is -2.50. The van der Waals surface area contributed by atoms with Crippen molar-refractivity contribution in [3.05, 3.63) is 40.3 Å². The molecule has 2 amide bonds. The van der Waals surface area contributed by atoms with E-state index in [2.05, 4.69) is 10.4 Å². The van der Waals surface area contributed by atoms with Crippen LogP contribution >= 0.6 is 11.6 Å². The van der Waals surface area contributed by atoms with Crippen LogP contribution < -0.4 is 11.1 Å². The van der Waals surface area contributed by atoms with E-state index in [9.17, 15) is 22.8 Å². The van der Waals surface area contributed by atoms with Crippen LogP contribution in [0.4, 0.5) is 33.9 Å². The first kappa shape index (κ1) is 25.1. The van der Waals surface area contributed by atoms with E-state index in [1.54, 1.807) is 13.8 Å². The Balaban J connectivity index is 1.76. The van der Waals surface area contributed by atoms with Gasteiger partial charge in [-0.05, 0) is 24.0 Å². The summed E-state index contributed by atoms with van der Waals surface area (Å²) in [6.45, 7) is 4.83. The topological polar surface area (TPSA) is 102 Å². The van der Waals surface area contributed by atoms with Crippen molar-refractivity contribution in [2.75, 3.05) is 24.1 Å². The van der Waals surface area contributed by atoms with Crippen molar-refractivity contribution >= 4 is 35.1 Å². The lowest BCUT2D eigenvalue weighted by atomic mass is 9.71. The van der Waals surface area contributed by atoms with Gasteiger partial charge in [0.25, 0.3) is 5.91 Å². The van der Waals surface area contributed by atoms with Gasteiger partial charge in [0, 0.05) is 13.0 Å². The number of amides is 2. The van der Waals surface area contributed by atoms with Crippen LogP contribution in [0, 0.1) is 11.2 Å². The van der Waals surface area contributed by atoms with E-state index in [-0.39, 0.29) is 47.8 Å². The van der Waals surface area contributed by atoms with Gasteiger partial charge in [0.1, 0.15) is 17.4 Å². The van der Waals surface area contributed by atoms with Gasteiger partial charge in [-0.15, -0.1) is 0 Å². The lowest BCUT2D eigenvalue weighted by molar-refractivity contribution is -0.170. The SMILES string of the molecule is CCC(n1ncc(C(=O)N2CC(C)(C)C[C@@]3(C2)OC(=O)Nc2ccc(Cl)c(F)c23)c1N)C(F)(F)F. The molecule has 2 aliphatic rings. The summed E-state index contributed by atoms with van der Waals surface area (Å²) < 4.78 is 61.7. The summed E-state index contributed by atoms with van der Waals surface area (Å²) in [5.41, 5.74) is 3.62. The van der Waals surface area contributed by atoms with Gasteiger partial charge in [0.05, 0.1) is 29.0 Å².